The molecule has 2 heterocycles. The number of ketones is 2. The number of rotatable bonds is 8. The Hall–Kier alpha value is -5.10. The van der Waals surface area contributed by atoms with Gasteiger partial charge in [-0.3, -0.25) is 14.4 Å². The first-order chi connectivity index (χ1) is 20.1. The van der Waals surface area contributed by atoms with Crippen molar-refractivity contribution in [2.45, 2.75) is 32.6 Å². The Balaban J connectivity index is 1.68. The van der Waals surface area contributed by atoms with Crippen LogP contribution >= 0.6 is 0 Å². The molecule has 4 bridgehead atoms. The van der Waals surface area contributed by atoms with Crippen molar-refractivity contribution in [3.8, 4) is 5.75 Å². The number of Topliss-reactive ketones (excluding diaryl/α,β-unsaturated/α-hetero) is 1. The number of hydrogen-bond acceptors (Lipinski definition) is 12. The number of benzene rings is 2. The number of nitrogen functional groups attached to an aromatic ring is 2. The molecular weight excluding hydrogens is 542 g/mol. The zero-order chi connectivity index (χ0) is 30.2. The molecule has 2 aromatic carbocycles. The number of nitrogens with one attached hydrogen (secondary N) is 1. The monoisotopic (exact) mass is 573 g/mol. The minimum absolute atomic E-state index is 0.0753. The van der Waals surface area contributed by atoms with Gasteiger partial charge in [0.1, 0.15) is 17.1 Å². The molecular formula is C30H31N5O7. The fraction of sp³-hybridized carbons (Fsp3) is 0.267. The fourth-order valence-corrected chi connectivity index (χ4v) is 4.25. The molecule has 1 aliphatic carbocycles. The van der Waals surface area contributed by atoms with Gasteiger partial charge in [-0.2, -0.15) is 5.48 Å². The van der Waals surface area contributed by atoms with E-state index in [1.807, 2.05) is 0 Å². The van der Waals surface area contributed by atoms with Crippen LogP contribution in [0.2, 0.25) is 0 Å². The molecule has 2 aromatic rings. The highest BCUT2D eigenvalue weighted by Crippen LogP contribution is 2.37. The van der Waals surface area contributed by atoms with Crippen LogP contribution in [0.4, 0.5) is 22.7 Å². The molecule has 0 spiro atoms. The Morgan fingerprint density at radius 3 is 2.62 bits per heavy atom. The second kappa shape index (κ2) is 13.5. The van der Waals surface area contributed by atoms with Gasteiger partial charge in [-0.05, 0) is 54.3 Å². The Kier molecular flexibility index (Phi) is 9.61. The first kappa shape index (κ1) is 29.9. The number of nitrogens with two attached hydrogens (primary N) is 2. The third-order valence-electron chi connectivity index (χ3n) is 6.56. The molecule has 0 amide bonds. The summed E-state index contributed by atoms with van der Waals surface area (Å²) in [6.45, 7) is 5.59. The predicted octanol–water partition coefficient (Wildman–Crippen LogP) is 3.48. The summed E-state index contributed by atoms with van der Waals surface area (Å²) in [4.78, 5) is 53.4. The van der Waals surface area contributed by atoms with E-state index in [-0.39, 0.29) is 49.5 Å². The van der Waals surface area contributed by atoms with Gasteiger partial charge in [-0.1, -0.05) is 24.8 Å². The van der Waals surface area contributed by atoms with Crippen LogP contribution < -0.4 is 21.7 Å². The van der Waals surface area contributed by atoms with Crippen molar-refractivity contribution in [3.63, 3.8) is 0 Å². The van der Waals surface area contributed by atoms with E-state index in [2.05, 4.69) is 22.3 Å². The molecule has 0 saturated carbocycles. The van der Waals surface area contributed by atoms with Crippen LogP contribution in [0.15, 0.2) is 70.4 Å². The molecule has 5 rings (SSSR count). The molecule has 218 valence electrons. The summed E-state index contributed by atoms with van der Waals surface area (Å²) in [6, 6.07) is 6.75. The molecule has 0 aromatic heterocycles. The van der Waals surface area contributed by atoms with Crippen molar-refractivity contribution in [2.24, 2.45) is 10.2 Å². The van der Waals surface area contributed by atoms with Gasteiger partial charge in [0.25, 0.3) is 0 Å². The zero-order valence-electron chi connectivity index (χ0n) is 23.1. The normalized spacial score (nSPS) is 15.0. The predicted molar refractivity (Wildman–Crippen MR) is 154 cm³/mol. The second-order valence-electron chi connectivity index (χ2n) is 9.66. The summed E-state index contributed by atoms with van der Waals surface area (Å²) in [5, 5.41) is 8.70. The van der Waals surface area contributed by atoms with E-state index < -0.39 is 23.5 Å². The van der Waals surface area contributed by atoms with Crippen molar-refractivity contribution >= 4 is 46.3 Å². The topological polar surface area (TPSA) is 185 Å². The smallest absolute Gasteiger partial charge is 0.333 e. The van der Waals surface area contributed by atoms with Crippen LogP contribution in [0.1, 0.15) is 30.0 Å². The minimum Gasteiger partial charge on any atom is -0.491 e. The molecule has 12 heteroatoms. The van der Waals surface area contributed by atoms with E-state index in [0.29, 0.717) is 41.1 Å². The summed E-state index contributed by atoms with van der Waals surface area (Å²) in [5.74, 6) is -1.84. The Bertz CT molecular complexity index is 1540. The van der Waals surface area contributed by atoms with Gasteiger partial charge >= 0.3 is 11.9 Å². The summed E-state index contributed by atoms with van der Waals surface area (Å²) in [6.07, 6.45) is 5.20. The maximum atomic E-state index is 12.3. The van der Waals surface area contributed by atoms with Gasteiger partial charge in [0.2, 0.25) is 11.6 Å². The van der Waals surface area contributed by atoms with Crippen LogP contribution in [-0.4, -0.2) is 43.3 Å². The maximum Gasteiger partial charge on any atom is 0.333 e. The number of fused-ring (bicyclic) bond motifs is 7. The number of hydroxylamine groups is 1. The van der Waals surface area contributed by atoms with Crippen LogP contribution in [0, 0.1) is 0 Å². The quantitative estimate of drug-likeness (QED) is 0.139. The molecule has 42 heavy (non-hydrogen) atoms. The highest BCUT2D eigenvalue weighted by atomic mass is 16.7. The van der Waals surface area contributed by atoms with Crippen molar-refractivity contribution in [1.29, 1.82) is 0 Å². The number of esters is 1. The van der Waals surface area contributed by atoms with Crippen LogP contribution in [0.5, 0.6) is 5.75 Å². The minimum atomic E-state index is -0.580. The average molecular weight is 574 g/mol. The molecule has 3 aliphatic rings. The third kappa shape index (κ3) is 7.34. The lowest BCUT2D eigenvalue weighted by Crippen LogP contribution is -2.24. The Labute approximate surface area is 242 Å². The molecule has 0 unspecified atom stereocenters. The third-order valence-corrected chi connectivity index (χ3v) is 6.56. The standard InChI is InChI=1S/C30H31N5O7/c1-17(2)30(39)41-13-10-20-15-25(40-12-9-18-4-3-5-24(36)29(18)38)23-14-19(20)8-11-33-42-26(37)16-21-6-7-22(34-35-23)28(32)27(21)31/h3-7,14-15,33H,1,8-13,16,31-32H2,2H3. The average Bonchev–Trinajstić information content (AvgIpc) is 2.96. The summed E-state index contributed by atoms with van der Waals surface area (Å²) >= 11 is 0. The van der Waals surface area contributed by atoms with Crippen LogP contribution in [0.3, 0.4) is 0 Å². The lowest BCUT2D eigenvalue weighted by Gasteiger charge is -2.16. The van der Waals surface area contributed by atoms with Gasteiger partial charge < -0.3 is 25.8 Å². The van der Waals surface area contributed by atoms with E-state index in [0.717, 1.165) is 11.1 Å². The van der Waals surface area contributed by atoms with Crippen molar-refractivity contribution in [2.75, 3.05) is 31.2 Å². The van der Waals surface area contributed by atoms with Crippen LogP contribution in [0.25, 0.3) is 0 Å². The number of carbonyl (C=O) groups excluding carboxylic acids is 4. The first-order valence-corrected chi connectivity index (χ1v) is 13.2. The number of anilines is 2. The molecule has 0 saturated heterocycles. The highest BCUT2D eigenvalue weighted by molar-refractivity contribution is 6.48. The van der Waals surface area contributed by atoms with E-state index in [4.69, 9.17) is 25.8 Å². The first-order valence-electron chi connectivity index (χ1n) is 13.2. The number of ether oxygens (including phenoxy) is 2. The van der Waals surface area contributed by atoms with E-state index in [9.17, 15) is 19.2 Å². The number of azo groups is 1. The van der Waals surface area contributed by atoms with Gasteiger partial charge in [0.15, 0.2) is 0 Å². The van der Waals surface area contributed by atoms with Crippen molar-refractivity contribution < 1.29 is 33.5 Å². The van der Waals surface area contributed by atoms with Gasteiger partial charge in [-0.15, -0.1) is 10.2 Å². The number of allylic oxidation sites excluding steroid dienone is 3. The van der Waals surface area contributed by atoms with Gasteiger partial charge in [0, 0.05) is 30.5 Å². The van der Waals surface area contributed by atoms with Crippen molar-refractivity contribution in [3.05, 3.63) is 76.9 Å². The molecule has 0 fully saturated rings. The second-order valence-corrected chi connectivity index (χ2v) is 9.66. The Morgan fingerprint density at radius 1 is 1.05 bits per heavy atom. The molecule has 2 aliphatic heterocycles. The van der Waals surface area contributed by atoms with Gasteiger partial charge in [-0.25, -0.2) is 4.79 Å². The lowest BCUT2D eigenvalue weighted by molar-refractivity contribution is -0.150. The fourth-order valence-electron chi connectivity index (χ4n) is 4.25. The van der Waals surface area contributed by atoms with E-state index in [1.54, 1.807) is 37.3 Å². The summed E-state index contributed by atoms with van der Waals surface area (Å²) in [5.41, 5.74) is 18.7. The largest absolute Gasteiger partial charge is 0.491 e. The van der Waals surface area contributed by atoms with Gasteiger partial charge in [0.05, 0.1) is 31.0 Å². The molecule has 5 N–H and O–H groups in total. The maximum absolute atomic E-state index is 12.3. The zero-order valence-corrected chi connectivity index (χ0v) is 23.1. The van der Waals surface area contributed by atoms with E-state index in [1.165, 1.54) is 12.2 Å². The SMILES string of the molecule is C=C(C)C(=O)OCCc1cc(OCCC2=CC=CC(=O)C2=O)c2cc1CCNOC(=O)Cc1ccc(c(N)c1N)N=N2. The lowest BCUT2D eigenvalue weighted by atomic mass is 9.99. The molecule has 0 atom stereocenters. The number of carbonyl (C=O) groups is 4. The Morgan fingerprint density at radius 2 is 1.83 bits per heavy atom. The highest BCUT2D eigenvalue weighted by Gasteiger charge is 2.20. The van der Waals surface area contributed by atoms with Crippen LogP contribution in [-0.2, 0) is 48.0 Å². The van der Waals surface area contributed by atoms with E-state index >= 15 is 0 Å². The van der Waals surface area contributed by atoms with Crippen molar-refractivity contribution in [1.82, 2.24) is 5.48 Å². The summed E-state index contributed by atoms with van der Waals surface area (Å²) < 4.78 is 11.3. The molecule has 0 radical (unpaired) electrons. The summed E-state index contributed by atoms with van der Waals surface area (Å²) in [7, 11) is 0. The number of hydrogen-bond donors (Lipinski definition) is 3. The number of nitrogens with zero attached hydrogens (tertiary/aromatic N) is 2. The molecule has 12 nitrogen and oxygen atoms in total.